The predicted octanol–water partition coefficient (Wildman–Crippen LogP) is 3.60. The van der Waals surface area contributed by atoms with E-state index < -0.39 is 0 Å². The maximum atomic E-state index is 11.7. The first-order valence-corrected chi connectivity index (χ1v) is 5.27. The van der Waals surface area contributed by atoms with Gasteiger partial charge >= 0.3 is 0 Å². The molecule has 0 bridgehead atoms. The summed E-state index contributed by atoms with van der Waals surface area (Å²) >= 11 is 0. The fourth-order valence-electron chi connectivity index (χ4n) is 1.52. The van der Waals surface area contributed by atoms with Crippen molar-refractivity contribution in [2.75, 3.05) is 0 Å². The van der Waals surface area contributed by atoms with Crippen molar-refractivity contribution in [2.45, 2.75) is 40.0 Å². The second-order valence-corrected chi connectivity index (χ2v) is 3.72. The molecule has 2 nitrogen and oxygen atoms in total. The van der Waals surface area contributed by atoms with Gasteiger partial charge in [0.15, 0.2) is 11.5 Å². The molecule has 0 N–H and O–H groups in total. The fraction of sp³-hybridized carbons (Fsp3) is 0.583. The van der Waals surface area contributed by atoms with Crippen LogP contribution in [-0.2, 0) is 0 Å². The Morgan fingerprint density at radius 2 is 2.00 bits per heavy atom. The number of Topliss-reactive ketones (excluding diaryl/α,β-unsaturated/α-hetero) is 1. The molecule has 0 aliphatic rings. The summed E-state index contributed by atoms with van der Waals surface area (Å²) in [7, 11) is 0. The van der Waals surface area contributed by atoms with Gasteiger partial charge in [0.2, 0.25) is 0 Å². The van der Waals surface area contributed by atoms with Crippen molar-refractivity contribution < 1.29 is 9.21 Å². The zero-order valence-corrected chi connectivity index (χ0v) is 9.17. The molecule has 1 heterocycles. The number of carbonyl (C=O) groups is 1. The van der Waals surface area contributed by atoms with E-state index in [1.807, 2.05) is 13.0 Å². The van der Waals surface area contributed by atoms with E-state index in [1.165, 1.54) is 0 Å². The zero-order valence-electron chi connectivity index (χ0n) is 9.17. The van der Waals surface area contributed by atoms with Crippen LogP contribution in [0.2, 0.25) is 0 Å². The quantitative estimate of drug-likeness (QED) is 0.670. The molecule has 14 heavy (non-hydrogen) atoms. The maximum absolute atomic E-state index is 11.7. The Morgan fingerprint density at radius 3 is 2.43 bits per heavy atom. The molecule has 0 saturated carbocycles. The number of furan rings is 1. The molecular formula is C12H18O2. The van der Waals surface area contributed by atoms with Crippen LogP contribution in [0.25, 0.3) is 0 Å². The first-order valence-electron chi connectivity index (χ1n) is 5.27. The predicted molar refractivity (Wildman–Crippen MR) is 56.5 cm³/mol. The van der Waals surface area contributed by atoms with Gasteiger partial charge in [-0.05, 0) is 25.0 Å². The van der Waals surface area contributed by atoms with Crippen LogP contribution in [0.3, 0.4) is 0 Å². The van der Waals surface area contributed by atoms with Gasteiger partial charge in [0.1, 0.15) is 5.76 Å². The zero-order chi connectivity index (χ0) is 10.6. The number of rotatable bonds is 5. The minimum Gasteiger partial charge on any atom is -0.458 e. The maximum Gasteiger partial charge on any atom is 0.198 e. The third kappa shape index (κ3) is 2.72. The van der Waals surface area contributed by atoms with Gasteiger partial charge in [-0.2, -0.15) is 0 Å². The summed E-state index contributed by atoms with van der Waals surface area (Å²) in [6, 6.07) is 3.60. The Kier molecular flexibility index (Phi) is 3.93. The van der Waals surface area contributed by atoms with Crippen molar-refractivity contribution in [3.05, 3.63) is 23.7 Å². The standard InChI is InChI=1S/C12H18O2/c1-4-10(5-2)8-11(13)12-7-6-9(3)14-12/h6-7,10H,4-5,8H2,1-3H3. The Morgan fingerprint density at radius 1 is 1.36 bits per heavy atom. The summed E-state index contributed by atoms with van der Waals surface area (Å²) in [6.45, 7) is 6.09. The van der Waals surface area contributed by atoms with Crippen LogP contribution in [-0.4, -0.2) is 5.78 Å². The monoisotopic (exact) mass is 194 g/mol. The highest BCUT2D eigenvalue weighted by Gasteiger charge is 2.14. The molecule has 78 valence electrons. The van der Waals surface area contributed by atoms with Gasteiger partial charge in [0.05, 0.1) is 0 Å². The molecule has 1 aromatic heterocycles. The molecule has 2 heteroatoms. The summed E-state index contributed by atoms with van der Waals surface area (Å²) in [5.74, 6) is 1.94. The van der Waals surface area contributed by atoms with E-state index >= 15 is 0 Å². The average molecular weight is 194 g/mol. The normalized spacial score (nSPS) is 10.9. The van der Waals surface area contributed by atoms with Gasteiger partial charge in [0, 0.05) is 6.42 Å². The largest absolute Gasteiger partial charge is 0.458 e. The van der Waals surface area contributed by atoms with E-state index in [-0.39, 0.29) is 5.78 Å². The number of aryl methyl sites for hydroxylation is 1. The molecular weight excluding hydrogens is 176 g/mol. The second kappa shape index (κ2) is 4.99. The molecule has 0 aromatic carbocycles. The first-order chi connectivity index (χ1) is 6.67. The van der Waals surface area contributed by atoms with Crippen molar-refractivity contribution in [1.29, 1.82) is 0 Å². The van der Waals surface area contributed by atoms with E-state index in [1.54, 1.807) is 6.07 Å². The van der Waals surface area contributed by atoms with E-state index in [2.05, 4.69) is 13.8 Å². The summed E-state index contributed by atoms with van der Waals surface area (Å²) < 4.78 is 5.29. The first kappa shape index (κ1) is 11.0. The van der Waals surface area contributed by atoms with Crippen LogP contribution in [0.5, 0.6) is 0 Å². The molecule has 0 aliphatic heterocycles. The molecule has 0 saturated heterocycles. The highest BCUT2D eigenvalue weighted by atomic mass is 16.3. The van der Waals surface area contributed by atoms with Gasteiger partial charge in [-0.15, -0.1) is 0 Å². The lowest BCUT2D eigenvalue weighted by Crippen LogP contribution is -2.06. The third-order valence-corrected chi connectivity index (χ3v) is 2.64. The SMILES string of the molecule is CCC(CC)CC(=O)c1ccc(C)o1. The smallest absolute Gasteiger partial charge is 0.198 e. The van der Waals surface area contributed by atoms with Gasteiger partial charge in [-0.25, -0.2) is 0 Å². The van der Waals surface area contributed by atoms with Crippen LogP contribution in [0.15, 0.2) is 16.5 Å². The molecule has 0 radical (unpaired) electrons. The molecule has 0 unspecified atom stereocenters. The number of hydrogen-bond donors (Lipinski definition) is 0. The van der Waals surface area contributed by atoms with Crippen molar-refractivity contribution in [3.63, 3.8) is 0 Å². The van der Waals surface area contributed by atoms with Crippen molar-refractivity contribution in [1.82, 2.24) is 0 Å². The lowest BCUT2D eigenvalue weighted by atomic mass is 9.96. The van der Waals surface area contributed by atoms with Crippen LogP contribution in [0.1, 0.15) is 49.4 Å². The molecule has 1 aromatic rings. The minimum absolute atomic E-state index is 0.131. The number of ketones is 1. The fourth-order valence-corrected chi connectivity index (χ4v) is 1.52. The van der Waals surface area contributed by atoms with E-state index in [0.29, 0.717) is 18.1 Å². The van der Waals surface area contributed by atoms with Crippen molar-refractivity contribution in [2.24, 2.45) is 5.92 Å². The highest BCUT2D eigenvalue weighted by Crippen LogP contribution is 2.17. The average Bonchev–Trinajstić information content (AvgIpc) is 2.61. The lowest BCUT2D eigenvalue weighted by molar-refractivity contribution is 0.0930. The van der Waals surface area contributed by atoms with Gasteiger partial charge in [-0.3, -0.25) is 4.79 Å². The summed E-state index contributed by atoms with van der Waals surface area (Å²) in [6.07, 6.45) is 2.73. The summed E-state index contributed by atoms with van der Waals surface area (Å²) in [4.78, 5) is 11.7. The van der Waals surface area contributed by atoms with Gasteiger partial charge in [0.25, 0.3) is 0 Å². The molecule has 1 rings (SSSR count). The molecule has 0 amide bonds. The van der Waals surface area contributed by atoms with Crippen molar-refractivity contribution in [3.8, 4) is 0 Å². The van der Waals surface area contributed by atoms with E-state index in [0.717, 1.165) is 18.6 Å². The summed E-state index contributed by atoms with van der Waals surface area (Å²) in [5, 5.41) is 0. The summed E-state index contributed by atoms with van der Waals surface area (Å²) in [5.41, 5.74) is 0. The number of carbonyl (C=O) groups excluding carboxylic acids is 1. The highest BCUT2D eigenvalue weighted by molar-refractivity contribution is 5.93. The molecule has 0 fully saturated rings. The van der Waals surface area contributed by atoms with Crippen LogP contribution in [0.4, 0.5) is 0 Å². The Balaban J connectivity index is 2.58. The topological polar surface area (TPSA) is 30.2 Å². The van der Waals surface area contributed by atoms with E-state index in [9.17, 15) is 4.79 Å². The molecule has 0 spiro atoms. The Bertz CT molecular complexity index is 295. The van der Waals surface area contributed by atoms with Gasteiger partial charge in [-0.1, -0.05) is 26.7 Å². The van der Waals surface area contributed by atoms with E-state index in [4.69, 9.17) is 4.42 Å². The van der Waals surface area contributed by atoms with Gasteiger partial charge < -0.3 is 4.42 Å². The minimum atomic E-state index is 0.131. The Hall–Kier alpha value is -1.05. The third-order valence-electron chi connectivity index (χ3n) is 2.64. The molecule has 0 aliphatic carbocycles. The van der Waals surface area contributed by atoms with Crippen LogP contribution in [0, 0.1) is 12.8 Å². The van der Waals surface area contributed by atoms with Crippen LogP contribution >= 0.6 is 0 Å². The second-order valence-electron chi connectivity index (χ2n) is 3.72. The molecule has 0 atom stereocenters. The Labute approximate surface area is 85.3 Å². The van der Waals surface area contributed by atoms with Crippen molar-refractivity contribution >= 4 is 5.78 Å². The van der Waals surface area contributed by atoms with Crippen LogP contribution < -0.4 is 0 Å². The number of hydrogen-bond acceptors (Lipinski definition) is 2. The lowest BCUT2D eigenvalue weighted by Gasteiger charge is -2.09.